The first-order chi connectivity index (χ1) is 12.3. The molecule has 0 unspecified atom stereocenters. The fourth-order valence-electron chi connectivity index (χ4n) is 3.26. The van der Waals surface area contributed by atoms with Crippen molar-refractivity contribution in [2.75, 3.05) is 19.8 Å². The van der Waals surface area contributed by atoms with Crippen LogP contribution in [0.4, 0.5) is 0 Å². The molecule has 4 rings (SSSR count). The zero-order chi connectivity index (χ0) is 17.1. The van der Waals surface area contributed by atoms with Crippen LogP contribution in [0.1, 0.15) is 31.6 Å². The quantitative estimate of drug-likeness (QED) is 0.774. The van der Waals surface area contributed by atoms with E-state index in [1.165, 1.54) is 0 Å². The third-order valence-corrected chi connectivity index (χ3v) is 4.83. The summed E-state index contributed by atoms with van der Waals surface area (Å²) in [4.78, 5) is 14.7. The van der Waals surface area contributed by atoms with Crippen molar-refractivity contribution in [1.82, 2.24) is 15.1 Å². The Hall–Kier alpha value is -2.21. The summed E-state index contributed by atoms with van der Waals surface area (Å²) in [5, 5.41) is 8.16. The number of aryl methyl sites for hydroxylation is 1. The third-order valence-electron chi connectivity index (χ3n) is 4.83. The second-order valence-electron chi connectivity index (χ2n) is 6.87. The molecular formula is C19H23N3O3. The van der Waals surface area contributed by atoms with Crippen molar-refractivity contribution in [1.29, 1.82) is 0 Å². The fraction of sp³-hybridized carbons (Fsp3) is 0.526. The van der Waals surface area contributed by atoms with Crippen LogP contribution in [0.5, 0.6) is 0 Å². The molecule has 2 aromatic rings. The van der Waals surface area contributed by atoms with E-state index >= 15 is 0 Å². The molecule has 2 aliphatic rings. The fourth-order valence-corrected chi connectivity index (χ4v) is 3.26. The van der Waals surface area contributed by atoms with Crippen molar-refractivity contribution < 1.29 is 13.9 Å². The molecule has 6 heteroatoms. The predicted molar refractivity (Wildman–Crippen MR) is 91.7 cm³/mol. The molecule has 1 atom stereocenters. The van der Waals surface area contributed by atoms with Crippen LogP contribution < -0.4 is 0 Å². The van der Waals surface area contributed by atoms with Gasteiger partial charge in [-0.2, -0.15) is 0 Å². The highest BCUT2D eigenvalue weighted by atomic mass is 16.5. The van der Waals surface area contributed by atoms with Crippen LogP contribution in [0.3, 0.4) is 0 Å². The Labute approximate surface area is 147 Å². The Bertz CT molecular complexity index is 706. The number of benzene rings is 1. The van der Waals surface area contributed by atoms with E-state index in [2.05, 4.69) is 10.2 Å². The van der Waals surface area contributed by atoms with Crippen LogP contribution in [0, 0.1) is 5.92 Å². The van der Waals surface area contributed by atoms with Gasteiger partial charge in [-0.1, -0.05) is 18.2 Å². The van der Waals surface area contributed by atoms with Crippen molar-refractivity contribution in [2.24, 2.45) is 5.92 Å². The van der Waals surface area contributed by atoms with Gasteiger partial charge in [0.05, 0.1) is 6.61 Å². The van der Waals surface area contributed by atoms with E-state index in [0.717, 1.165) is 44.6 Å². The highest BCUT2D eigenvalue weighted by molar-refractivity contribution is 5.77. The number of aromatic nitrogens is 2. The molecule has 6 nitrogen and oxygen atoms in total. The number of nitrogens with zero attached hydrogens (tertiary/aromatic N) is 3. The Morgan fingerprint density at radius 2 is 2.00 bits per heavy atom. The maximum atomic E-state index is 12.7. The molecule has 132 valence electrons. The Kier molecular flexibility index (Phi) is 4.78. The van der Waals surface area contributed by atoms with Gasteiger partial charge in [0.15, 0.2) is 0 Å². The lowest BCUT2D eigenvalue weighted by Gasteiger charge is -2.25. The summed E-state index contributed by atoms with van der Waals surface area (Å²) in [6.07, 6.45) is 4.21. The highest BCUT2D eigenvalue weighted by Crippen LogP contribution is 2.30. The van der Waals surface area contributed by atoms with Gasteiger partial charge in [0.1, 0.15) is 0 Å². The first-order valence-corrected chi connectivity index (χ1v) is 9.04. The maximum Gasteiger partial charge on any atom is 0.247 e. The number of carbonyl (C=O) groups excluding carboxylic acids is 1. The van der Waals surface area contributed by atoms with E-state index in [-0.39, 0.29) is 5.91 Å². The Morgan fingerprint density at radius 3 is 2.72 bits per heavy atom. The molecular weight excluding hydrogens is 318 g/mol. The molecule has 1 aliphatic carbocycles. The van der Waals surface area contributed by atoms with Crippen LogP contribution in [0.2, 0.25) is 0 Å². The second kappa shape index (κ2) is 7.35. The molecule has 2 fully saturated rings. The number of hydrogen-bond donors (Lipinski definition) is 0. The average Bonchev–Trinajstić information content (AvgIpc) is 3.16. The van der Waals surface area contributed by atoms with Crippen molar-refractivity contribution in [3.8, 4) is 11.5 Å². The van der Waals surface area contributed by atoms with Gasteiger partial charge < -0.3 is 14.1 Å². The molecule has 1 aliphatic heterocycles. The molecule has 1 amide bonds. The van der Waals surface area contributed by atoms with Gasteiger partial charge in [-0.15, -0.1) is 10.2 Å². The van der Waals surface area contributed by atoms with Gasteiger partial charge in [0, 0.05) is 43.5 Å². The minimum Gasteiger partial charge on any atom is -0.421 e. The summed E-state index contributed by atoms with van der Waals surface area (Å²) in [6, 6.07) is 10.1. The minimum atomic E-state index is 0.189. The van der Waals surface area contributed by atoms with E-state index < -0.39 is 0 Å². The predicted octanol–water partition coefficient (Wildman–Crippen LogP) is 2.70. The average molecular weight is 341 g/mol. The van der Waals surface area contributed by atoms with E-state index in [0.29, 0.717) is 36.6 Å². The molecule has 0 spiro atoms. The van der Waals surface area contributed by atoms with E-state index in [1.807, 2.05) is 35.2 Å². The molecule has 1 aromatic carbocycles. The van der Waals surface area contributed by atoms with Gasteiger partial charge in [-0.25, -0.2) is 0 Å². The lowest BCUT2D eigenvalue weighted by atomic mass is 10.1. The summed E-state index contributed by atoms with van der Waals surface area (Å²) in [5.74, 6) is 1.70. The first-order valence-electron chi connectivity index (χ1n) is 9.04. The molecule has 2 heterocycles. The standard InChI is InChI=1S/C19H23N3O3/c23-18(22(16-6-7-16)12-14-10-11-24-13-14)9-8-17-20-21-19(25-17)15-4-2-1-3-5-15/h1-5,14,16H,6-13H2/t14-/m0/s1. The van der Waals surface area contributed by atoms with Crippen molar-refractivity contribution in [3.63, 3.8) is 0 Å². The van der Waals surface area contributed by atoms with Crippen molar-refractivity contribution in [2.45, 2.75) is 38.1 Å². The van der Waals surface area contributed by atoms with Crippen molar-refractivity contribution >= 4 is 5.91 Å². The van der Waals surface area contributed by atoms with Gasteiger partial charge in [-0.05, 0) is 31.4 Å². The van der Waals surface area contributed by atoms with Gasteiger partial charge in [-0.3, -0.25) is 4.79 Å². The number of amides is 1. The van der Waals surface area contributed by atoms with E-state index in [9.17, 15) is 4.79 Å². The molecule has 0 bridgehead atoms. The van der Waals surface area contributed by atoms with Gasteiger partial charge in [0.2, 0.25) is 17.7 Å². The number of hydrogen-bond acceptors (Lipinski definition) is 5. The van der Waals surface area contributed by atoms with E-state index in [1.54, 1.807) is 0 Å². The number of rotatable bonds is 7. The number of carbonyl (C=O) groups is 1. The molecule has 1 aromatic heterocycles. The summed E-state index contributed by atoms with van der Waals surface area (Å²) in [7, 11) is 0. The second-order valence-corrected chi connectivity index (χ2v) is 6.87. The van der Waals surface area contributed by atoms with Crippen LogP contribution in [-0.2, 0) is 16.0 Å². The summed E-state index contributed by atoms with van der Waals surface area (Å²) in [6.45, 7) is 2.42. The molecule has 1 saturated carbocycles. The normalized spacial score (nSPS) is 19.9. The molecule has 1 saturated heterocycles. The van der Waals surface area contributed by atoms with Crippen LogP contribution >= 0.6 is 0 Å². The topological polar surface area (TPSA) is 68.5 Å². The Morgan fingerprint density at radius 1 is 1.16 bits per heavy atom. The first kappa shape index (κ1) is 16.3. The highest BCUT2D eigenvalue weighted by Gasteiger charge is 2.34. The van der Waals surface area contributed by atoms with Crippen LogP contribution in [-0.4, -0.2) is 46.8 Å². The molecule has 0 radical (unpaired) electrons. The van der Waals surface area contributed by atoms with Crippen LogP contribution in [0.15, 0.2) is 34.7 Å². The maximum absolute atomic E-state index is 12.7. The number of ether oxygens (including phenoxy) is 1. The molecule has 0 N–H and O–H groups in total. The zero-order valence-electron chi connectivity index (χ0n) is 14.3. The minimum absolute atomic E-state index is 0.189. The van der Waals surface area contributed by atoms with Crippen molar-refractivity contribution in [3.05, 3.63) is 36.2 Å². The lowest BCUT2D eigenvalue weighted by molar-refractivity contribution is -0.132. The third kappa shape index (κ3) is 4.07. The van der Waals surface area contributed by atoms with Crippen LogP contribution in [0.25, 0.3) is 11.5 Å². The summed E-state index contributed by atoms with van der Waals surface area (Å²) < 4.78 is 11.1. The zero-order valence-corrected chi connectivity index (χ0v) is 14.3. The smallest absolute Gasteiger partial charge is 0.247 e. The lowest BCUT2D eigenvalue weighted by Crippen LogP contribution is -2.37. The monoisotopic (exact) mass is 341 g/mol. The van der Waals surface area contributed by atoms with E-state index in [4.69, 9.17) is 9.15 Å². The largest absolute Gasteiger partial charge is 0.421 e. The summed E-state index contributed by atoms with van der Waals surface area (Å²) in [5.41, 5.74) is 0.897. The SMILES string of the molecule is O=C(CCc1nnc(-c2ccccc2)o1)N(C[C@@H]1CCOC1)C1CC1. The molecule has 25 heavy (non-hydrogen) atoms. The summed E-state index contributed by atoms with van der Waals surface area (Å²) >= 11 is 0. The van der Waals surface area contributed by atoms with Gasteiger partial charge >= 0.3 is 0 Å². The Balaban J connectivity index is 1.33. The van der Waals surface area contributed by atoms with Gasteiger partial charge in [0.25, 0.3) is 0 Å².